The molecule has 0 saturated carbocycles. The van der Waals surface area contributed by atoms with E-state index >= 15 is 0 Å². The minimum absolute atomic E-state index is 0. The molecule has 0 saturated heterocycles. The standard InChI is InChI=1S/C24H26N4O8.2H/c1-9-5-6-13(23(34)26-14(7-29)11(3)31)18-21(9)36-22-10(2)20(33)17(25)16(19(22)28-18)24(35)27-15(8-30)12(4)32;;/h5-8,11-12,14-15,31-32H,25H2,1-4H3,(H,26,34)(H,27,35);;/t11-,12-,14-,15-;;/m0../s1/i;2*1+1. The SMILES string of the molecule is Cc1c2oc3c(C)ccc(C(=O)N[C@@H](C=O)[C@H](C)O)c3nc-2c(C(=O)N[C@@H](C=O)[C@H](C)O)c(N)c1=O.[2H].[2H]. The predicted octanol–water partition coefficient (Wildman–Crippen LogP) is 0.0730. The molecule has 192 valence electrons. The van der Waals surface area contributed by atoms with Gasteiger partial charge in [0.15, 0.2) is 11.3 Å². The summed E-state index contributed by atoms with van der Waals surface area (Å²) in [5, 5.41) is 24.1. The van der Waals surface area contributed by atoms with Crippen LogP contribution in [0.3, 0.4) is 0 Å². The molecular formula is C24H28N4O8. The number of carbonyl (C=O) groups excluding carboxylic acids is 4. The summed E-state index contributed by atoms with van der Waals surface area (Å²) in [6.07, 6.45) is -1.67. The first kappa shape index (κ1) is 26.4. The Labute approximate surface area is 207 Å². The van der Waals surface area contributed by atoms with Gasteiger partial charge in [-0.1, -0.05) is 6.07 Å². The number of aldehydes is 2. The first-order valence-electron chi connectivity index (χ1n) is 11.0. The molecule has 0 bridgehead atoms. The van der Waals surface area contributed by atoms with E-state index in [0.717, 1.165) is 0 Å². The normalized spacial score (nSPS) is 14.6. The van der Waals surface area contributed by atoms with Gasteiger partial charge in [0.05, 0.1) is 29.0 Å². The Balaban J connectivity index is 0.00000361. The lowest BCUT2D eigenvalue weighted by molar-refractivity contribution is -0.112. The maximum absolute atomic E-state index is 13.1. The summed E-state index contributed by atoms with van der Waals surface area (Å²) in [7, 11) is 0. The summed E-state index contributed by atoms with van der Waals surface area (Å²) in [4.78, 5) is 65.8. The van der Waals surface area contributed by atoms with Gasteiger partial charge in [-0.15, -0.1) is 0 Å². The lowest BCUT2D eigenvalue weighted by Gasteiger charge is -2.20. The molecule has 1 aromatic rings. The zero-order valence-corrected chi connectivity index (χ0v) is 20.0. The van der Waals surface area contributed by atoms with Crippen molar-refractivity contribution >= 4 is 41.2 Å². The number of nitrogen functional groups attached to an aromatic ring is 1. The van der Waals surface area contributed by atoms with Gasteiger partial charge in [-0.3, -0.25) is 14.4 Å². The van der Waals surface area contributed by atoms with Gasteiger partial charge in [0.2, 0.25) is 5.43 Å². The van der Waals surface area contributed by atoms with Gasteiger partial charge in [0.1, 0.15) is 35.9 Å². The molecule has 2 aliphatic rings. The Bertz CT molecular complexity index is 1410. The molecule has 1 heterocycles. The van der Waals surface area contributed by atoms with E-state index in [1.54, 1.807) is 13.0 Å². The van der Waals surface area contributed by atoms with E-state index in [-0.39, 0.29) is 42.1 Å². The molecule has 0 aromatic heterocycles. The molecule has 1 aliphatic heterocycles. The number of hydrogen-bond donors (Lipinski definition) is 5. The van der Waals surface area contributed by atoms with Crippen molar-refractivity contribution in [2.45, 2.75) is 52.0 Å². The van der Waals surface area contributed by atoms with E-state index in [2.05, 4.69) is 15.6 Å². The molecule has 36 heavy (non-hydrogen) atoms. The number of aliphatic hydroxyl groups is 2. The number of amides is 2. The number of hydrogen-bond acceptors (Lipinski definition) is 10. The third-order valence-electron chi connectivity index (χ3n) is 5.80. The van der Waals surface area contributed by atoms with Crippen LogP contribution in [0, 0.1) is 13.8 Å². The fourth-order valence-corrected chi connectivity index (χ4v) is 3.60. The molecule has 1 aromatic carbocycles. The maximum atomic E-state index is 13.1. The minimum atomic E-state index is -1.29. The zero-order valence-electron chi connectivity index (χ0n) is 22.0. The van der Waals surface area contributed by atoms with Gasteiger partial charge in [-0.05, 0) is 39.3 Å². The highest BCUT2D eigenvalue weighted by molar-refractivity contribution is 6.09. The van der Waals surface area contributed by atoms with Crippen LogP contribution in [-0.4, -0.2) is 63.9 Å². The largest absolute Gasteiger partial charge is 0.452 e. The molecule has 12 nitrogen and oxygen atoms in total. The van der Waals surface area contributed by atoms with Crippen molar-refractivity contribution in [1.82, 2.24) is 15.6 Å². The highest BCUT2D eigenvalue weighted by Crippen LogP contribution is 2.34. The van der Waals surface area contributed by atoms with Crippen LogP contribution in [0.2, 0.25) is 0 Å². The van der Waals surface area contributed by atoms with E-state index in [9.17, 15) is 34.2 Å². The topological polar surface area (TPSA) is 202 Å². The second kappa shape index (κ2) is 10.2. The van der Waals surface area contributed by atoms with Crippen molar-refractivity contribution in [3.63, 3.8) is 0 Å². The quantitative estimate of drug-likeness (QED) is 0.159. The molecule has 6 N–H and O–H groups in total. The molecule has 2 radical (unpaired) electrons. The number of carbonyl (C=O) groups is 4. The number of benzene rings is 2. The van der Waals surface area contributed by atoms with E-state index < -0.39 is 47.2 Å². The first-order chi connectivity index (χ1) is 16.9. The van der Waals surface area contributed by atoms with Gasteiger partial charge >= 0.3 is 0 Å². The number of anilines is 1. The van der Waals surface area contributed by atoms with Crippen LogP contribution in [0.4, 0.5) is 5.69 Å². The van der Waals surface area contributed by atoms with Crippen LogP contribution >= 0.6 is 0 Å². The maximum Gasteiger partial charge on any atom is 0.256 e. The lowest BCUT2D eigenvalue weighted by Crippen LogP contribution is -2.44. The molecule has 12 heteroatoms. The number of nitrogens with one attached hydrogen (secondary N) is 2. The Morgan fingerprint density at radius 3 is 2.14 bits per heavy atom. The Hall–Kier alpha value is -4.16. The third-order valence-corrected chi connectivity index (χ3v) is 5.80. The van der Waals surface area contributed by atoms with Gasteiger partial charge in [0, 0.05) is 8.42 Å². The summed E-state index contributed by atoms with van der Waals surface area (Å²) in [6.45, 7) is 5.75. The number of fused-ring (bicyclic) bond motifs is 2. The van der Waals surface area contributed by atoms with Crippen LogP contribution in [0.5, 0.6) is 0 Å². The third kappa shape index (κ3) is 4.68. The van der Waals surface area contributed by atoms with Gasteiger partial charge in [-0.2, -0.15) is 0 Å². The van der Waals surface area contributed by atoms with Gasteiger partial charge < -0.3 is 40.6 Å². The van der Waals surface area contributed by atoms with E-state index in [1.165, 1.54) is 26.8 Å². The fraction of sp³-hybridized carbons (Fsp3) is 0.333. The number of aliphatic hydroxyl groups excluding tert-OH is 2. The van der Waals surface area contributed by atoms with E-state index in [1.807, 2.05) is 0 Å². The highest BCUT2D eigenvalue weighted by atomic mass is 16.3. The summed E-state index contributed by atoms with van der Waals surface area (Å²) in [6, 6.07) is 0.528. The monoisotopic (exact) mass is 502 g/mol. The Morgan fingerprint density at radius 2 is 1.61 bits per heavy atom. The number of rotatable bonds is 8. The van der Waals surface area contributed by atoms with Crippen LogP contribution in [0.1, 0.15) is 48.5 Å². The second-order valence-electron chi connectivity index (χ2n) is 8.49. The second-order valence-corrected chi connectivity index (χ2v) is 8.49. The smallest absolute Gasteiger partial charge is 0.256 e. The average molecular weight is 503 g/mol. The number of nitrogens with two attached hydrogens (primary N) is 1. The first-order valence-corrected chi connectivity index (χ1v) is 11.0. The molecule has 0 spiro atoms. The molecule has 3 rings (SSSR count). The zero-order chi connectivity index (χ0) is 26.9. The van der Waals surface area contributed by atoms with Crippen LogP contribution in [0.15, 0.2) is 21.3 Å². The van der Waals surface area contributed by atoms with Crippen molar-refractivity contribution < 1.29 is 36.7 Å². The van der Waals surface area contributed by atoms with Gasteiger partial charge in [0.25, 0.3) is 11.8 Å². The molecule has 0 unspecified atom stereocenters. The highest BCUT2D eigenvalue weighted by Gasteiger charge is 2.31. The minimum Gasteiger partial charge on any atom is -0.452 e. The van der Waals surface area contributed by atoms with Crippen molar-refractivity contribution in [3.8, 4) is 11.5 Å². The van der Waals surface area contributed by atoms with Crippen molar-refractivity contribution in [3.05, 3.63) is 44.6 Å². The molecule has 4 atom stereocenters. The summed E-state index contributed by atoms with van der Waals surface area (Å²) < 4.78 is 5.97. The molecule has 0 fully saturated rings. The Kier molecular flexibility index (Phi) is 7.51. The van der Waals surface area contributed by atoms with E-state index in [4.69, 9.17) is 10.2 Å². The molecule has 1 aliphatic carbocycles. The fourth-order valence-electron chi connectivity index (χ4n) is 3.60. The summed E-state index contributed by atoms with van der Waals surface area (Å²) >= 11 is 0. The summed E-state index contributed by atoms with van der Waals surface area (Å²) in [5.41, 5.74) is 5.05. The van der Waals surface area contributed by atoms with Crippen LogP contribution < -0.4 is 21.8 Å². The van der Waals surface area contributed by atoms with Gasteiger partial charge in [-0.25, -0.2) is 4.98 Å². The van der Waals surface area contributed by atoms with Crippen molar-refractivity contribution in [2.24, 2.45) is 0 Å². The van der Waals surface area contributed by atoms with Crippen molar-refractivity contribution in [2.75, 3.05) is 5.73 Å². The van der Waals surface area contributed by atoms with E-state index in [0.29, 0.717) is 18.1 Å². The molecule has 2 amide bonds. The summed E-state index contributed by atoms with van der Waals surface area (Å²) in [5.74, 6) is -1.75. The molecular weight excluding hydrogens is 472 g/mol. The number of aromatic nitrogens is 1. The average Bonchev–Trinajstić information content (AvgIpc) is 2.83. The number of nitrogens with zero attached hydrogens (tertiary/aromatic N) is 1. The van der Waals surface area contributed by atoms with Crippen molar-refractivity contribution in [1.29, 1.82) is 0 Å². The predicted molar refractivity (Wildman–Crippen MR) is 131 cm³/mol. The van der Waals surface area contributed by atoms with Crippen LogP contribution in [-0.2, 0) is 9.59 Å². The Morgan fingerprint density at radius 1 is 1.06 bits per heavy atom. The van der Waals surface area contributed by atoms with Crippen LogP contribution in [0.25, 0.3) is 22.6 Å². The number of aryl methyl sites for hydroxylation is 1. The lowest BCUT2D eigenvalue weighted by atomic mass is 9.99.